The first-order valence-corrected chi connectivity index (χ1v) is 9.83. The lowest BCUT2D eigenvalue weighted by atomic mass is 9.94. The van der Waals surface area contributed by atoms with Crippen molar-refractivity contribution in [1.82, 2.24) is 9.88 Å². The molecular weight excluding hydrogens is 322 g/mol. The highest BCUT2D eigenvalue weighted by molar-refractivity contribution is 5.94. The van der Waals surface area contributed by atoms with Crippen molar-refractivity contribution in [3.63, 3.8) is 0 Å². The van der Waals surface area contributed by atoms with Gasteiger partial charge < -0.3 is 9.80 Å². The lowest BCUT2D eigenvalue weighted by Gasteiger charge is -2.32. The number of aromatic nitrogens is 1. The Hall–Kier alpha value is -2.36. The summed E-state index contributed by atoms with van der Waals surface area (Å²) in [5.74, 6) is 1.02. The van der Waals surface area contributed by atoms with Crippen molar-refractivity contribution in [1.29, 1.82) is 0 Å². The van der Waals surface area contributed by atoms with E-state index in [1.165, 1.54) is 30.5 Å². The number of carbonyl (C=O) groups excluding carboxylic acids is 1. The number of aryl methyl sites for hydroxylation is 1. The van der Waals surface area contributed by atoms with E-state index in [1.54, 1.807) is 6.20 Å². The number of benzene rings is 1. The van der Waals surface area contributed by atoms with Gasteiger partial charge in [-0.25, -0.2) is 4.98 Å². The molecule has 0 atom stereocenters. The lowest BCUT2D eigenvalue weighted by molar-refractivity contribution is 0.0696. The molecule has 2 aromatic rings. The van der Waals surface area contributed by atoms with Gasteiger partial charge >= 0.3 is 0 Å². The van der Waals surface area contributed by atoms with Gasteiger partial charge in [-0.05, 0) is 49.4 Å². The highest BCUT2D eigenvalue weighted by Gasteiger charge is 2.24. The first kappa shape index (κ1) is 17.1. The molecule has 1 aliphatic carbocycles. The Labute approximate surface area is 155 Å². The maximum Gasteiger partial charge on any atom is 0.255 e. The van der Waals surface area contributed by atoms with Crippen LogP contribution in [0.25, 0.3) is 0 Å². The molecule has 0 N–H and O–H groups in total. The molecule has 2 aliphatic rings. The quantitative estimate of drug-likeness (QED) is 0.814. The molecule has 1 aliphatic heterocycles. The second-order valence-corrected chi connectivity index (χ2v) is 7.50. The predicted octanol–water partition coefficient (Wildman–Crippen LogP) is 4.57. The summed E-state index contributed by atoms with van der Waals surface area (Å²) < 4.78 is 0. The molecule has 1 fully saturated rings. The third-order valence-corrected chi connectivity index (χ3v) is 5.82. The maximum atomic E-state index is 12.8. The van der Waals surface area contributed by atoms with Gasteiger partial charge in [0.25, 0.3) is 5.91 Å². The summed E-state index contributed by atoms with van der Waals surface area (Å²) in [6, 6.07) is 12.8. The molecule has 0 unspecified atom stereocenters. The molecule has 0 bridgehead atoms. The number of para-hydroxylation sites is 1. The second kappa shape index (κ2) is 7.48. The Morgan fingerprint density at radius 1 is 1.08 bits per heavy atom. The minimum atomic E-state index is 0.0926. The maximum absolute atomic E-state index is 12.8. The van der Waals surface area contributed by atoms with Crippen molar-refractivity contribution >= 4 is 17.4 Å². The van der Waals surface area contributed by atoms with Gasteiger partial charge in [-0.1, -0.05) is 37.5 Å². The van der Waals surface area contributed by atoms with Crippen LogP contribution < -0.4 is 4.90 Å². The van der Waals surface area contributed by atoms with E-state index in [4.69, 9.17) is 0 Å². The van der Waals surface area contributed by atoms with Gasteiger partial charge in [-0.2, -0.15) is 0 Å². The molecule has 4 rings (SSSR count). The molecule has 26 heavy (non-hydrogen) atoms. The zero-order chi connectivity index (χ0) is 17.9. The number of hydrogen-bond donors (Lipinski definition) is 0. The van der Waals surface area contributed by atoms with E-state index in [9.17, 15) is 4.79 Å². The van der Waals surface area contributed by atoms with Gasteiger partial charge in [-0.15, -0.1) is 0 Å². The van der Waals surface area contributed by atoms with E-state index >= 15 is 0 Å². The second-order valence-electron chi connectivity index (χ2n) is 7.50. The average Bonchev–Trinajstić information content (AvgIpc) is 2.73. The highest BCUT2D eigenvalue weighted by Crippen LogP contribution is 2.32. The number of anilines is 2. The molecule has 4 nitrogen and oxygen atoms in total. The normalized spacial score (nSPS) is 17.7. The molecule has 0 spiro atoms. The summed E-state index contributed by atoms with van der Waals surface area (Å²) in [4.78, 5) is 21.6. The van der Waals surface area contributed by atoms with Crippen LogP contribution in [0.5, 0.6) is 0 Å². The first-order valence-electron chi connectivity index (χ1n) is 9.83. The molecule has 1 amide bonds. The molecule has 136 valence electrons. The number of nitrogens with zero attached hydrogens (tertiary/aromatic N) is 3. The molecule has 2 heterocycles. The monoisotopic (exact) mass is 349 g/mol. The lowest BCUT2D eigenvalue weighted by Crippen LogP contribution is -2.38. The highest BCUT2D eigenvalue weighted by atomic mass is 16.2. The van der Waals surface area contributed by atoms with Crippen molar-refractivity contribution in [2.45, 2.75) is 51.0 Å². The summed E-state index contributed by atoms with van der Waals surface area (Å²) in [5, 5.41) is 0. The summed E-state index contributed by atoms with van der Waals surface area (Å²) in [6.45, 7) is 0.972. The summed E-state index contributed by atoms with van der Waals surface area (Å²) >= 11 is 0. The van der Waals surface area contributed by atoms with Gasteiger partial charge in [0.15, 0.2) is 0 Å². The van der Waals surface area contributed by atoms with Crippen LogP contribution in [0.15, 0.2) is 42.6 Å². The van der Waals surface area contributed by atoms with Crippen LogP contribution in [0, 0.1) is 0 Å². The average molecular weight is 349 g/mol. The van der Waals surface area contributed by atoms with E-state index in [1.807, 2.05) is 24.1 Å². The Balaban J connectivity index is 1.51. The van der Waals surface area contributed by atoms with Gasteiger partial charge in [0, 0.05) is 31.5 Å². The van der Waals surface area contributed by atoms with Crippen molar-refractivity contribution < 1.29 is 4.79 Å². The molecule has 1 aromatic heterocycles. The van der Waals surface area contributed by atoms with Gasteiger partial charge in [0.2, 0.25) is 0 Å². The van der Waals surface area contributed by atoms with Crippen LogP contribution in [0.4, 0.5) is 11.5 Å². The summed E-state index contributed by atoms with van der Waals surface area (Å²) in [6.07, 6.45) is 10.00. The molecule has 0 radical (unpaired) electrons. The fourth-order valence-corrected chi connectivity index (χ4v) is 4.28. The fraction of sp³-hybridized carbons (Fsp3) is 0.455. The Morgan fingerprint density at radius 2 is 1.88 bits per heavy atom. The molecule has 4 heteroatoms. The van der Waals surface area contributed by atoms with E-state index in [2.05, 4.69) is 34.1 Å². The van der Waals surface area contributed by atoms with E-state index in [0.29, 0.717) is 11.6 Å². The summed E-state index contributed by atoms with van der Waals surface area (Å²) in [7, 11) is 1.94. The van der Waals surface area contributed by atoms with Crippen molar-refractivity contribution in [2.24, 2.45) is 0 Å². The topological polar surface area (TPSA) is 36.4 Å². The van der Waals surface area contributed by atoms with Crippen molar-refractivity contribution in [3.8, 4) is 0 Å². The van der Waals surface area contributed by atoms with E-state index in [0.717, 1.165) is 38.0 Å². The zero-order valence-electron chi connectivity index (χ0n) is 15.5. The molecular formula is C22H27N3O. The fourth-order valence-electron chi connectivity index (χ4n) is 4.28. The first-order chi connectivity index (χ1) is 12.7. The number of rotatable bonds is 3. The number of carbonyl (C=O) groups is 1. The zero-order valence-corrected chi connectivity index (χ0v) is 15.5. The summed E-state index contributed by atoms with van der Waals surface area (Å²) in [5.41, 5.74) is 3.30. The Kier molecular flexibility index (Phi) is 4.91. The van der Waals surface area contributed by atoms with Crippen LogP contribution >= 0.6 is 0 Å². The van der Waals surface area contributed by atoms with Gasteiger partial charge in [0.1, 0.15) is 5.82 Å². The minimum absolute atomic E-state index is 0.0926. The SMILES string of the molecule is CN(C(=O)c1ccc(N2CCCc3ccccc32)nc1)C1CCCCC1. The predicted molar refractivity (Wildman–Crippen MR) is 105 cm³/mol. The Bertz CT molecular complexity index is 765. The number of amides is 1. The molecule has 0 saturated heterocycles. The third kappa shape index (κ3) is 3.33. The molecule has 1 saturated carbocycles. The number of fused-ring (bicyclic) bond motifs is 1. The van der Waals surface area contributed by atoms with E-state index < -0.39 is 0 Å². The van der Waals surface area contributed by atoms with E-state index in [-0.39, 0.29) is 5.91 Å². The largest absolute Gasteiger partial charge is 0.339 e. The number of pyridine rings is 1. The van der Waals surface area contributed by atoms with Crippen LogP contribution in [-0.2, 0) is 6.42 Å². The molecule has 1 aromatic carbocycles. The number of hydrogen-bond acceptors (Lipinski definition) is 3. The minimum Gasteiger partial charge on any atom is -0.339 e. The standard InChI is InChI=1S/C22H27N3O/c1-24(19-10-3-2-4-11-19)22(26)18-13-14-21(23-16-18)25-15-7-9-17-8-5-6-12-20(17)25/h5-6,8,12-14,16,19H,2-4,7,9-11,15H2,1H3. The van der Waals surface area contributed by atoms with Gasteiger partial charge in [-0.3, -0.25) is 4.79 Å². The van der Waals surface area contributed by atoms with Gasteiger partial charge in [0.05, 0.1) is 5.56 Å². The van der Waals surface area contributed by atoms with Crippen molar-refractivity contribution in [2.75, 3.05) is 18.5 Å². The van der Waals surface area contributed by atoms with Crippen LogP contribution in [-0.4, -0.2) is 35.4 Å². The van der Waals surface area contributed by atoms with Crippen molar-refractivity contribution in [3.05, 3.63) is 53.7 Å². The smallest absolute Gasteiger partial charge is 0.255 e. The Morgan fingerprint density at radius 3 is 2.65 bits per heavy atom. The van der Waals surface area contributed by atoms with Crippen LogP contribution in [0.2, 0.25) is 0 Å². The third-order valence-electron chi connectivity index (χ3n) is 5.82. The van der Waals surface area contributed by atoms with Crippen LogP contribution in [0.1, 0.15) is 54.4 Å². The van der Waals surface area contributed by atoms with Crippen LogP contribution in [0.3, 0.4) is 0 Å².